The number of carbonyl (C=O) groups is 2. The van der Waals surface area contributed by atoms with Crippen LogP contribution in [-0.4, -0.2) is 48.7 Å². The van der Waals surface area contributed by atoms with Crippen molar-refractivity contribution in [1.29, 1.82) is 0 Å². The maximum absolute atomic E-state index is 12.2. The number of amides is 1. The summed E-state index contributed by atoms with van der Waals surface area (Å²) in [5, 5.41) is 5.77. The maximum Gasteiger partial charge on any atom is 0.338 e. The van der Waals surface area contributed by atoms with E-state index in [0.717, 1.165) is 6.42 Å². The first kappa shape index (κ1) is 19.3. The van der Waals surface area contributed by atoms with E-state index in [-0.39, 0.29) is 5.91 Å². The van der Waals surface area contributed by atoms with Crippen LogP contribution in [0.2, 0.25) is 0 Å². The summed E-state index contributed by atoms with van der Waals surface area (Å²) in [5.74, 6) is -0.274. The molecule has 8 heteroatoms. The molecule has 0 aliphatic carbocycles. The molecule has 0 radical (unpaired) electrons. The fraction of sp³-hybridized carbons (Fsp3) is 0.333. The molecular formula is C18H22N4O4. The highest BCUT2D eigenvalue weighted by Gasteiger charge is 2.09. The summed E-state index contributed by atoms with van der Waals surface area (Å²) in [4.78, 5) is 32.1. The van der Waals surface area contributed by atoms with E-state index in [0.29, 0.717) is 42.5 Å². The third-order valence-corrected chi connectivity index (χ3v) is 3.38. The minimum absolute atomic E-state index is 0.314. The van der Waals surface area contributed by atoms with Crippen LogP contribution in [0.15, 0.2) is 36.7 Å². The molecule has 0 saturated heterocycles. The molecule has 0 fully saturated rings. The lowest BCUT2D eigenvalue weighted by Crippen LogP contribution is -2.14. The number of anilines is 2. The third-order valence-electron chi connectivity index (χ3n) is 3.38. The molecule has 0 bridgehead atoms. The monoisotopic (exact) mass is 358 g/mol. The highest BCUT2D eigenvalue weighted by molar-refractivity contribution is 6.04. The van der Waals surface area contributed by atoms with Crippen molar-refractivity contribution in [2.24, 2.45) is 0 Å². The molecule has 26 heavy (non-hydrogen) atoms. The molecule has 0 atom stereocenters. The number of methoxy groups -OCH3 is 1. The summed E-state index contributed by atoms with van der Waals surface area (Å²) in [6.07, 6.45) is 3.74. The van der Waals surface area contributed by atoms with Crippen LogP contribution in [0, 0.1) is 0 Å². The molecule has 1 amide bonds. The van der Waals surface area contributed by atoms with Crippen molar-refractivity contribution in [3.8, 4) is 0 Å². The quantitative estimate of drug-likeness (QED) is 0.524. The Balaban J connectivity index is 1.89. The molecule has 0 aliphatic heterocycles. The summed E-state index contributed by atoms with van der Waals surface area (Å²) < 4.78 is 9.88. The molecular weight excluding hydrogens is 336 g/mol. The van der Waals surface area contributed by atoms with E-state index in [1.807, 2.05) is 0 Å². The summed E-state index contributed by atoms with van der Waals surface area (Å²) in [6.45, 7) is 3.40. The van der Waals surface area contributed by atoms with E-state index in [9.17, 15) is 9.59 Å². The zero-order valence-electron chi connectivity index (χ0n) is 14.8. The Morgan fingerprint density at radius 1 is 1.08 bits per heavy atom. The van der Waals surface area contributed by atoms with Gasteiger partial charge in [-0.15, -0.1) is 0 Å². The summed E-state index contributed by atoms with van der Waals surface area (Å²) in [6, 6.07) is 6.46. The van der Waals surface area contributed by atoms with Crippen LogP contribution < -0.4 is 10.6 Å². The number of ether oxygens (including phenoxy) is 2. The van der Waals surface area contributed by atoms with Gasteiger partial charge in [0.1, 0.15) is 0 Å². The molecule has 0 saturated carbocycles. The topological polar surface area (TPSA) is 102 Å². The van der Waals surface area contributed by atoms with Crippen LogP contribution >= 0.6 is 0 Å². The van der Waals surface area contributed by atoms with Crippen LogP contribution in [0.5, 0.6) is 0 Å². The van der Waals surface area contributed by atoms with Gasteiger partial charge >= 0.3 is 5.97 Å². The van der Waals surface area contributed by atoms with Gasteiger partial charge in [-0.25, -0.2) is 14.8 Å². The second-order valence-electron chi connectivity index (χ2n) is 5.32. The normalized spacial score (nSPS) is 10.2. The highest BCUT2D eigenvalue weighted by atomic mass is 16.5. The Bertz CT molecular complexity index is 717. The van der Waals surface area contributed by atoms with Gasteiger partial charge in [0.2, 0.25) is 5.95 Å². The zero-order chi connectivity index (χ0) is 18.8. The fourth-order valence-corrected chi connectivity index (χ4v) is 2.06. The molecule has 1 aromatic heterocycles. The number of nitrogens with zero attached hydrogens (tertiary/aromatic N) is 2. The first-order valence-electron chi connectivity index (χ1n) is 8.27. The Morgan fingerprint density at radius 2 is 1.77 bits per heavy atom. The molecule has 0 unspecified atom stereocenters. The van der Waals surface area contributed by atoms with Crippen LogP contribution in [0.25, 0.3) is 0 Å². The van der Waals surface area contributed by atoms with Crippen molar-refractivity contribution in [3.63, 3.8) is 0 Å². The van der Waals surface area contributed by atoms with Gasteiger partial charge in [-0.05, 0) is 37.6 Å². The molecule has 1 aromatic carbocycles. The van der Waals surface area contributed by atoms with Crippen molar-refractivity contribution in [2.45, 2.75) is 13.3 Å². The van der Waals surface area contributed by atoms with Crippen LogP contribution in [0.4, 0.5) is 11.6 Å². The van der Waals surface area contributed by atoms with Crippen molar-refractivity contribution in [3.05, 3.63) is 47.8 Å². The Labute approximate surface area is 151 Å². The third kappa shape index (κ3) is 5.82. The standard InChI is InChI=1S/C18H22N4O4/c1-3-26-17(24)13-5-7-15(8-6-13)22-16(23)14-11-20-18(21-12-14)19-9-4-10-25-2/h5-8,11-12H,3-4,9-10H2,1-2H3,(H,22,23)(H,19,20,21). The minimum atomic E-state index is -0.396. The van der Waals surface area contributed by atoms with Crippen molar-refractivity contribution in [1.82, 2.24) is 9.97 Å². The molecule has 2 aromatic rings. The van der Waals surface area contributed by atoms with Crippen molar-refractivity contribution < 1.29 is 19.1 Å². The van der Waals surface area contributed by atoms with E-state index in [1.54, 1.807) is 38.3 Å². The van der Waals surface area contributed by atoms with Crippen LogP contribution in [0.1, 0.15) is 34.1 Å². The molecule has 2 rings (SSSR count). The number of rotatable bonds is 9. The smallest absolute Gasteiger partial charge is 0.338 e. The number of aromatic nitrogens is 2. The number of benzene rings is 1. The van der Waals surface area contributed by atoms with Gasteiger partial charge in [-0.1, -0.05) is 0 Å². The van der Waals surface area contributed by atoms with Gasteiger partial charge in [0.15, 0.2) is 0 Å². The second kappa shape index (κ2) is 10.1. The second-order valence-corrected chi connectivity index (χ2v) is 5.32. The van der Waals surface area contributed by atoms with E-state index in [1.165, 1.54) is 12.4 Å². The molecule has 1 heterocycles. The number of esters is 1. The molecule has 8 nitrogen and oxygen atoms in total. The molecule has 2 N–H and O–H groups in total. The lowest BCUT2D eigenvalue weighted by atomic mass is 10.2. The number of carbonyl (C=O) groups excluding carboxylic acids is 2. The van der Waals surface area contributed by atoms with Crippen LogP contribution in [-0.2, 0) is 9.47 Å². The predicted octanol–water partition coefficient (Wildman–Crippen LogP) is 2.35. The Morgan fingerprint density at radius 3 is 2.38 bits per heavy atom. The molecule has 0 spiro atoms. The predicted molar refractivity (Wildman–Crippen MR) is 97.4 cm³/mol. The fourth-order valence-electron chi connectivity index (χ4n) is 2.06. The lowest BCUT2D eigenvalue weighted by molar-refractivity contribution is 0.0526. The average molecular weight is 358 g/mol. The van der Waals surface area contributed by atoms with Gasteiger partial charge in [0.05, 0.1) is 17.7 Å². The van der Waals surface area contributed by atoms with Gasteiger partial charge in [-0.3, -0.25) is 4.79 Å². The Hall–Kier alpha value is -3.00. The summed E-state index contributed by atoms with van der Waals surface area (Å²) in [5.41, 5.74) is 1.32. The van der Waals surface area contributed by atoms with Gasteiger partial charge in [-0.2, -0.15) is 0 Å². The lowest BCUT2D eigenvalue weighted by Gasteiger charge is -2.07. The number of hydrogen-bond acceptors (Lipinski definition) is 7. The van der Waals surface area contributed by atoms with E-state index in [2.05, 4.69) is 20.6 Å². The first-order chi connectivity index (χ1) is 12.6. The van der Waals surface area contributed by atoms with Gasteiger partial charge < -0.3 is 20.1 Å². The minimum Gasteiger partial charge on any atom is -0.462 e. The first-order valence-corrected chi connectivity index (χ1v) is 8.27. The summed E-state index contributed by atoms with van der Waals surface area (Å²) in [7, 11) is 1.65. The van der Waals surface area contributed by atoms with Gasteiger partial charge in [0.25, 0.3) is 5.91 Å². The largest absolute Gasteiger partial charge is 0.462 e. The number of hydrogen-bond donors (Lipinski definition) is 2. The average Bonchev–Trinajstić information content (AvgIpc) is 2.66. The van der Waals surface area contributed by atoms with Crippen molar-refractivity contribution in [2.75, 3.05) is 37.5 Å². The van der Waals surface area contributed by atoms with Gasteiger partial charge in [0, 0.05) is 38.3 Å². The van der Waals surface area contributed by atoms with E-state index < -0.39 is 5.97 Å². The SMILES string of the molecule is CCOC(=O)c1ccc(NC(=O)c2cnc(NCCCOC)nc2)cc1. The number of nitrogens with one attached hydrogen (secondary N) is 2. The Kier molecular flexibility index (Phi) is 7.50. The van der Waals surface area contributed by atoms with Crippen molar-refractivity contribution >= 4 is 23.5 Å². The molecule has 138 valence electrons. The molecule has 0 aliphatic rings. The zero-order valence-corrected chi connectivity index (χ0v) is 14.8. The van der Waals surface area contributed by atoms with E-state index in [4.69, 9.17) is 9.47 Å². The van der Waals surface area contributed by atoms with Crippen LogP contribution in [0.3, 0.4) is 0 Å². The summed E-state index contributed by atoms with van der Waals surface area (Å²) >= 11 is 0. The maximum atomic E-state index is 12.2. The highest BCUT2D eigenvalue weighted by Crippen LogP contribution is 2.12. The van der Waals surface area contributed by atoms with E-state index >= 15 is 0 Å².